The van der Waals surface area contributed by atoms with Crippen LogP contribution in [0.3, 0.4) is 0 Å². The largest absolute Gasteiger partial charge is 0.468 e. The number of benzene rings is 3. The standard InChI is InChI=1S/C26H26N2O4S/c1-32-23(30)18-27-22(29)17-28-25(31)24(33)26(19-11-5-2-6-12-19,20-13-7-3-8-14-20)21-15-9-4-10-16-21/h2-16,24,33H,17-18H2,1H3,(H,27,29)(H,28,31)/t24-/m1/s1. The Balaban J connectivity index is 1.98. The van der Waals surface area contributed by atoms with Gasteiger partial charge in [-0.2, -0.15) is 12.6 Å². The maximum atomic E-state index is 13.3. The molecular weight excluding hydrogens is 436 g/mol. The number of thiol groups is 1. The highest BCUT2D eigenvalue weighted by molar-refractivity contribution is 7.82. The van der Waals surface area contributed by atoms with Crippen molar-refractivity contribution in [2.75, 3.05) is 20.2 Å². The van der Waals surface area contributed by atoms with E-state index in [-0.39, 0.29) is 13.1 Å². The number of ether oxygens (including phenoxy) is 1. The lowest BCUT2D eigenvalue weighted by Crippen LogP contribution is -2.50. The third-order valence-electron chi connectivity index (χ3n) is 5.43. The highest BCUT2D eigenvalue weighted by Crippen LogP contribution is 2.44. The Kier molecular flexibility index (Phi) is 8.27. The Labute approximate surface area is 198 Å². The zero-order valence-corrected chi connectivity index (χ0v) is 19.1. The zero-order valence-electron chi connectivity index (χ0n) is 18.2. The number of esters is 1. The predicted octanol–water partition coefficient (Wildman–Crippen LogP) is 2.72. The molecule has 0 unspecified atom stereocenters. The Hall–Kier alpha value is -3.58. The molecule has 6 nitrogen and oxygen atoms in total. The molecule has 170 valence electrons. The van der Waals surface area contributed by atoms with Gasteiger partial charge in [-0.1, -0.05) is 91.0 Å². The predicted molar refractivity (Wildman–Crippen MR) is 130 cm³/mol. The van der Waals surface area contributed by atoms with Crippen molar-refractivity contribution in [3.8, 4) is 0 Å². The van der Waals surface area contributed by atoms with Gasteiger partial charge >= 0.3 is 5.97 Å². The van der Waals surface area contributed by atoms with E-state index in [1.54, 1.807) is 0 Å². The molecule has 0 aliphatic rings. The van der Waals surface area contributed by atoms with Crippen LogP contribution in [0.25, 0.3) is 0 Å². The van der Waals surface area contributed by atoms with Crippen LogP contribution >= 0.6 is 12.6 Å². The molecule has 2 N–H and O–H groups in total. The average Bonchev–Trinajstić information content (AvgIpc) is 2.88. The number of hydrogen-bond acceptors (Lipinski definition) is 5. The summed E-state index contributed by atoms with van der Waals surface area (Å²) in [7, 11) is 1.23. The van der Waals surface area contributed by atoms with Crippen LogP contribution in [-0.4, -0.2) is 43.2 Å². The van der Waals surface area contributed by atoms with E-state index in [0.717, 1.165) is 16.7 Å². The Bertz CT molecular complexity index is 979. The fourth-order valence-corrected chi connectivity index (χ4v) is 4.38. The molecule has 0 heterocycles. The number of hydrogen-bond donors (Lipinski definition) is 3. The summed E-state index contributed by atoms with van der Waals surface area (Å²) in [5, 5.41) is 4.20. The number of carbonyl (C=O) groups excluding carboxylic acids is 3. The molecule has 0 saturated carbocycles. The molecule has 0 bridgehead atoms. The smallest absolute Gasteiger partial charge is 0.325 e. The van der Waals surface area contributed by atoms with Crippen LogP contribution in [0.2, 0.25) is 0 Å². The highest BCUT2D eigenvalue weighted by atomic mass is 32.1. The molecule has 3 rings (SSSR count). The number of nitrogens with one attached hydrogen (secondary N) is 2. The Morgan fingerprint density at radius 3 is 1.58 bits per heavy atom. The topological polar surface area (TPSA) is 84.5 Å². The van der Waals surface area contributed by atoms with Gasteiger partial charge in [-0.3, -0.25) is 14.4 Å². The van der Waals surface area contributed by atoms with Gasteiger partial charge in [-0.25, -0.2) is 0 Å². The number of methoxy groups -OCH3 is 1. The third kappa shape index (κ3) is 5.43. The van der Waals surface area contributed by atoms with Crippen LogP contribution in [0, 0.1) is 0 Å². The molecule has 7 heteroatoms. The monoisotopic (exact) mass is 462 g/mol. The van der Waals surface area contributed by atoms with Crippen molar-refractivity contribution in [3.63, 3.8) is 0 Å². The number of rotatable bonds is 9. The van der Waals surface area contributed by atoms with Gasteiger partial charge in [0.05, 0.1) is 24.3 Å². The van der Waals surface area contributed by atoms with E-state index in [1.165, 1.54) is 7.11 Å². The summed E-state index contributed by atoms with van der Waals surface area (Å²) >= 11 is 4.82. The van der Waals surface area contributed by atoms with Crippen molar-refractivity contribution in [1.82, 2.24) is 10.6 Å². The van der Waals surface area contributed by atoms with Crippen molar-refractivity contribution in [2.24, 2.45) is 0 Å². The molecule has 33 heavy (non-hydrogen) atoms. The third-order valence-corrected chi connectivity index (χ3v) is 6.05. The first-order chi connectivity index (χ1) is 16.0. The molecule has 0 saturated heterocycles. The summed E-state index contributed by atoms with van der Waals surface area (Å²) in [4.78, 5) is 36.7. The van der Waals surface area contributed by atoms with E-state index >= 15 is 0 Å². The second kappa shape index (κ2) is 11.3. The number of amides is 2. The van der Waals surface area contributed by atoms with Crippen molar-refractivity contribution < 1.29 is 19.1 Å². The molecule has 0 aromatic heterocycles. The fourth-order valence-electron chi connectivity index (χ4n) is 3.84. The maximum absolute atomic E-state index is 13.3. The van der Waals surface area contributed by atoms with Crippen molar-refractivity contribution in [1.29, 1.82) is 0 Å². The van der Waals surface area contributed by atoms with Gasteiger partial charge in [0.15, 0.2) is 0 Å². The van der Waals surface area contributed by atoms with Gasteiger partial charge in [-0.05, 0) is 16.7 Å². The second-order valence-corrected chi connectivity index (χ2v) is 7.90. The zero-order chi connectivity index (χ0) is 23.7. The molecule has 0 radical (unpaired) electrons. The molecule has 3 aromatic rings. The molecule has 0 fully saturated rings. The molecule has 3 aromatic carbocycles. The van der Waals surface area contributed by atoms with Gasteiger partial charge in [0.25, 0.3) is 0 Å². The normalized spacial score (nSPS) is 11.8. The lowest BCUT2D eigenvalue weighted by molar-refractivity contribution is -0.141. The first-order valence-electron chi connectivity index (χ1n) is 10.5. The average molecular weight is 463 g/mol. The van der Waals surface area contributed by atoms with Crippen molar-refractivity contribution >= 4 is 30.4 Å². The molecular formula is C26H26N2O4S. The van der Waals surface area contributed by atoms with Crippen LogP contribution in [-0.2, 0) is 24.5 Å². The molecule has 0 aliphatic carbocycles. The minimum absolute atomic E-state index is 0.266. The summed E-state index contributed by atoms with van der Waals surface area (Å²) < 4.78 is 4.50. The summed E-state index contributed by atoms with van der Waals surface area (Å²) in [6.07, 6.45) is 0. The van der Waals surface area contributed by atoms with Gasteiger partial charge in [0.1, 0.15) is 6.54 Å². The van der Waals surface area contributed by atoms with E-state index in [4.69, 9.17) is 12.6 Å². The van der Waals surface area contributed by atoms with Gasteiger partial charge in [0, 0.05) is 0 Å². The van der Waals surface area contributed by atoms with Gasteiger partial charge < -0.3 is 15.4 Å². The SMILES string of the molecule is COC(=O)CNC(=O)CNC(=O)[C@@H](S)C(c1ccccc1)(c1ccccc1)c1ccccc1. The second-order valence-electron chi connectivity index (χ2n) is 7.38. The minimum atomic E-state index is -0.917. The first kappa shape index (κ1) is 24.1. The molecule has 2 amide bonds. The number of carbonyl (C=O) groups is 3. The van der Waals surface area contributed by atoms with Gasteiger partial charge in [-0.15, -0.1) is 0 Å². The minimum Gasteiger partial charge on any atom is -0.468 e. The van der Waals surface area contributed by atoms with E-state index in [1.807, 2.05) is 91.0 Å². The Morgan fingerprint density at radius 2 is 1.18 bits per heavy atom. The van der Waals surface area contributed by atoms with Crippen LogP contribution < -0.4 is 10.6 Å². The van der Waals surface area contributed by atoms with Crippen LogP contribution in [0.1, 0.15) is 16.7 Å². The summed E-state index contributed by atoms with van der Waals surface area (Å²) in [6.45, 7) is -0.557. The summed E-state index contributed by atoms with van der Waals surface area (Å²) in [5.74, 6) is -1.49. The molecule has 0 spiro atoms. The van der Waals surface area contributed by atoms with Crippen molar-refractivity contribution in [3.05, 3.63) is 108 Å². The van der Waals surface area contributed by atoms with E-state index in [2.05, 4.69) is 15.4 Å². The summed E-state index contributed by atoms with van der Waals surface area (Å²) in [6, 6.07) is 29.1. The van der Waals surface area contributed by atoms with Crippen LogP contribution in [0.15, 0.2) is 91.0 Å². The van der Waals surface area contributed by atoms with E-state index in [9.17, 15) is 14.4 Å². The quantitative estimate of drug-likeness (QED) is 0.259. The first-order valence-corrected chi connectivity index (χ1v) is 11.0. The van der Waals surface area contributed by atoms with Crippen LogP contribution in [0.5, 0.6) is 0 Å². The van der Waals surface area contributed by atoms with Gasteiger partial charge in [0.2, 0.25) is 11.8 Å². The lowest BCUT2D eigenvalue weighted by atomic mass is 9.66. The van der Waals surface area contributed by atoms with Crippen molar-refractivity contribution in [2.45, 2.75) is 10.7 Å². The molecule has 1 atom stereocenters. The highest BCUT2D eigenvalue weighted by Gasteiger charge is 2.45. The van der Waals surface area contributed by atoms with Crippen LogP contribution in [0.4, 0.5) is 0 Å². The lowest BCUT2D eigenvalue weighted by Gasteiger charge is -2.39. The Morgan fingerprint density at radius 1 is 0.758 bits per heavy atom. The van der Waals surface area contributed by atoms with E-state index in [0.29, 0.717) is 0 Å². The maximum Gasteiger partial charge on any atom is 0.325 e. The molecule has 0 aliphatic heterocycles. The summed E-state index contributed by atoms with van der Waals surface area (Å²) in [5.41, 5.74) is 1.77. The fraction of sp³-hybridized carbons (Fsp3) is 0.192. The van der Waals surface area contributed by atoms with E-state index < -0.39 is 28.4 Å².